The van der Waals surface area contributed by atoms with Gasteiger partial charge in [-0.05, 0) is 44.1 Å². The molecule has 2 aliphatic rings. The van der Waals surface area contributed by atoms with Crippen LogP contribution in [0.1, 0.15) is 49.9 Å². The molecule has 4 rings (SSSR count). The Labute approximate surface area is 153 Å². The smallest absolute Gasteiger partial charge is 0.246 e. The van der Waals surface area contributed by atoms with Gasteiger partial charge in [-0.3, -0.25) is 14.2 Å². The molecule has 1 aliphatic carbocycles. The molecule has 0 bridgehead atoms. The zero-order valence-electron chi connectivity index (χ0n) is 15.3. The first-order chi connectivity index (χ1) is 12.7. The summed E-state index contributed by atoms with van der Waals surface area (Å²) in [5.74, 6) is 0.520. The molecule has 1 atom stereocenters. The Morgan fingerprint density at radius 2 is 2.19 bits per heavy atom. The summed E-state index contributed by atoms with van der Waals surface area (Å²) >= 11 is 0. The third-order valence-corrected chi connectivity index (χ3v) is 5.19. The van der Waals surface area contributed by atoms with Crippen LogP contribution in [0, 0.1) is 5.92 Å². The molecule has 138 valence electrons. The Balaban J connectivity index is 1.32. The van der Waals surface area contributed by atoms with Gasteiger partial charge in [-0.25, -0.2) is 0 Å². The summed E-state index contributed by atoms with van der Waals surface area (Å²) in [6.07, 6.45) is 14.9. The average Bonchev–Trinajstić information content (AvgIpc) is 3.23. The van der Waals surface area contributed by atoms with Crippen molar-refractivity contribution in [1.82, 2.24) is 29.7 Å². The minimum atomic E-state index is 0.0849. The van der Waals surface area contributed by atoms with E-state index in [-0.39, 0.29) is 5.91 Å². The van der Waals surface area contributed by atoms with Gasteiger partial charge in [0.15, 0.2) is 0 Å². The van der Waals surface area contributed by atoms with Crippen LogP contribution in [0.15, 0.2) is 24.7 Å². The van der Waals surface area contributed by atoms with Crippen molar-refractivity contribution in [2.75, 3.05) is 13.1 Å². The summed E-state index contributed by atoms with van der Waals surface area (Å²) in [4.78, 5) is 14.5. The molecule has 1 aliphatic heterocycles. The molecule has 1 saturated carbocycles. The van der Waals surface area contributed by atoms with Gasteiger partial charge >= 0.3 is 0 Å². The van der Waals surface area contributed by atoms with Crippen molar-refractivity contribution in [2.45, 2.75) is 51.6 Å². The predicted molar refractivity (Wildman–Crippen MR) is 98.2 cm³/mol. The van der Waals surface area contributed by atoms with E-state index >= 15 is 0 Å². The Kier molecular flexibility index (Phi) is 4.86. The molecule has 0 radical (unpaired) electrons. The van der Waals surface area contributed by atoms with Gasteiger partial charge in [0, 0.05) is 43.7 Å². The highest BCUT2D eigenvalue weighted by molar-refractivity contribution is 5.91. The van der Waals surface area contributed by atoms with Crippen LogP contribution in [-0.2, 0) is 17.8 Å². The lowest BCUT2D eigenvalue weighted by molar-refractivity contribution is -0.127. The monoisotopic (exact) mass is 354 g/mol. The van der Waals surface area contributed by atoms with Crippen LogP contribution in [0.5, 0.6) is 0 Å². The van der Waals surface area contributed by atoms with Gasteiger partial charge < -0.3 is 4.90 Å². The summed E-state index contributed by atoms with van der Waals surface area (Å²) in [5.41, 5.74) is 2.01. The van der Waals surface area contributed by atoms with E-state index in [2.05, 4.69) is 22.3 Å². The van der Waals surface area contributed by atoms with E-state index in [9.17, 15) is 4.79 Å². The van der Waals surface area contributed by atoms with Gasteiger partial charge in [0.2, 0.25) is 5.91 Å². The van der Waals surface area contributed by atoms with Crippen molar-refractivity contribution in [3.63, 3.8) is 0 Å². The van der Waals surface area contributed by atoms with Crippen molar-refractivity contribution >= 4 is 12.0 Å². The molecule has 2 aromatic rings. The summed E-state index contributed by atoms with van der Waals surface area (Å²) in [6.45, 7) is 4.52. The number of carbonyl (C=O) groups excluding carboxylic acids is 1. The first-order valence-corrected chi connectivity index (χ1v) is 9.61. The van der Waals surface area contributed by atoms with Crippen LogP contribution in [0.4, 0.5) is 0 Å². The van der Waals surface area contributed by atoms with Crippen molar-refractivity contribution in [1.29, 1.82) is 0 Å². The molecule has 3 heterocycles. The van der Waals surface area contributed by atoms with Gasteiger partial charge in [0.1, 0.15) is 0 Å². The number of piperidine rings is 1. The van der Waals surface area contributed by atoms with Gasteiger partial charge in [-0.2, -0.15) is 5.10 Å². The van der Waals surface area contributed by atoms with Crippen LogP contribution in [0.25, 0.3) is 6.08 Å². The Morgan fingerprint density at radius 1 is 1.31 bits per heavy atom. The molecular weight excluding hydrogens is 328 g/mol. The number of carbonyl (C=O) groups is 1. The zero-order chi connectivity index (χ0) is 17.9. The molecule has 1 saturated heterocycles. The number of nitrogens with zero attached hydrogens (tertiary/aromatic N) is 6. The summed E-state index contributed by atoms with van der Waals surface area (Å²) < 4.78 is 3.92. The second-order valence-electron chi connectivity index (χ2n) is 7.40. The fourth-order valence-electron chi connectivity index (χ4n) is 3.52. The minimum absolute atomic E-state index is 0.0849. The standard InChI is InChI=1S/C19H26N6O/c1-2-17-14-24(22-21-17)12-16-4-3-9-23(11-16)19(26)8-5-15-10-20-25(13-15)18-6-7-18/h5,8,10,13-14,16,18H,2-4,6-7,9,11-12H2,1H3/b8-5+/t16-/m1/s1. The van der Waals surface area contributed by atoms with Crippen molar-refractivity contribution < 1.29 is 4.79 Å². The molecule has 0 spiro atoms. The Hall–Kier alpha value is -2.44. The summed E-state index contributed by atoms with van der Waals surface area (Å²) in [7, 11) is 0. The molecule has 2 fully saturated rings. The highest BCUT2D eigenvalue weighted by Gasteiger charge is 2.24. The minimum Gasteiger partial charge on any atom is -0.339 e. The number of hydrogen-bond donors (Lipinski definition) is 0. The maximum absolute atomic E-state index is 12.6. The number of amides is 1. The lowest BCUT2D eigenvalue weighted by atomic mass is 9.98. The van der Waals surface area contributed by atoms with Crippen molar-refractivity contribution in [2.24, 2.45) is 5.92 Å². The van der Waals surface area contributed by atoms with Crippen LogP contribution >= 0.6 is 0 Å². The number of aromatic nitrogens is 5. The van der Waals surface area contributed by atoms with Gasteiger partial charge in [0.25, 0.3) is 0 Å². The Bertz CT molecular complexity index is 788. The number of aryl methyl sites for hydroxylation is 1. The normalized spacial score (nSPS) is 20.8. The van der Waals surface area contributed by atoms with E-state index in [1.54, 1.807) is 6.08 Å². The lowest BCUT2D eigenvalue weighted by Crippen LogP contribution is -2.40. The molecule has 1 amide bonds. The first-order valence-electron chi connectivity index (χ1n) is 9.61. The van der Waals surface area contributed by atoms with Crippen LogP contribution in [-0.4, -0.2) is 48.7 Å². The molecule has 0 unspecified atom stereocenters. The number of rotatable bonds is 6. The highest BCUT2D eigenvalue weighted by atomic mass is 16.2. The molecule has 2 aromatic heterocycles. The quantitative estimate of drug-likeness (QED) is 0.747. The zero-order valence-corrected chi connectivity index (χ0v) is 15.3. The fourth-order valence-corrected chi connectivity index (χ4v) is 3.52. The topological polar surface area (TPSA) is 68.8 Å². The second kappa shape index (κ2) is 7.43. The molecular formula is C19H26N6O. The van der Waals surface area contributed by atoms with Crippen molar-refractivity contribution in [3.05, 3.63) is 35.9 Å². The summed E-state index contributed by atoms with van der Waals surface area (Å²) in [6, 6.07) is 0.570. The largest absolute Gasteiger partial charge is 0.339 e. The third-order valence-electron chi connectivity index (χ3n) is 5.19. The molecule has 0 N–H and O–H groups in total. The van der Waals surface area contributed by atoms with E-state index in [0.29, 0.717) is 12.0 Å². The SMILES string of the molecule is CCc1cn(C[C@@H]2CCCN(C(=O)/C=C/c3cnn(C4CC4)c3)C2)nn1. The van der Waals surface area contributed by atoms with E-state index < -0.39 is 0 Å². The van der Waals surface area contributed by atoms with Crippen LogP contribution in [0.3, 0.4) is 0 Å². The third kappa shape index (κ3) is 4.03. The maximum Gasteiger partial charge on any atom is 0.246 e. The van der Waals surface area contributed by atoms with Crippen LogP contribution in [0.2, 0.25) is 0 Å². The fraction of sp³-hybridized carbons (Fsp3) is 0.579. The van der Waals surface area contributed by atoms with E-state index in [1.807, 2.05) is 38.9 Å². The van der Waals surface area contributed by atoms with E-state index in [0.717, 1.165) is 50.2 Å². The molecule has 26 heavy (non-hydrogen) atoms. The number of likely N-dealkylation sites (tertiary alicyclic amines) is 1. The Morgan fingerprint density at radius 3 is 2.96 bits per heavy atom. The molecule has 0 aromatic carbocycles. The van der Waals surface area contributed by atoms with E-state index in [1.165, 1.54) is 12.8 Å². The predicted octanol–water partition coefficient (Wildman–Crippen LogP) is 2.32. The lowest BCUT2D eigenvalue weighted by Gasteiger charge is -2.32. The van der Waals surface area contributed by atoms with Gasteiger partial charge in [0.05, 0.1) is 17.9 Å². The highest BCUT2D eigenvalue weighted by Crippen LogP contribution is 2.34. The maximum atomic E-state index is 12.6. The molecule has 7 nitrogen and oxygen atoms in total. The van der Waals surface area contributed by atoms with Gasteiger partial charge in [-0.1, -0.05) is 12.1 Å². The van der Waals surface area contributed by atoms with E-state index in [4.69, 9.17) is 0 Å². The summed E-state index contributed by atoms with van der Waals surface area (Å²) in [5, 5.41) is 12.7. The average molecular weight is 354 g/mol. The van der Waals surface area contributed by atoms with Crippen molar-refractivity contribution in [3.8, 4) is 0 Å². The molecule has 7 heteroatoms. The number of hydrogen-bond acceptors (Lipinski definition) is 4. The van der Waals surface area contributed by atoms with Gasteiger partial charge in [-0.15, -0.1) is 5.10 Å². The second-order valence-corrected chi connectivity index (χ2v) is 7.40. The van der Waals surface area contributed by atoms with Crippen LogP contribution < -0.4 is 0 Å². The first kappa shape index (κ1) is 17.0.